The van der Waals surface area contributed by atoms with E-state index in [2.05, 4.69) is 44.5 Å². The quantitative estimate of drug-likeness (QED) is 0.778. The molecule has 0 aliphatic carbocycles. The monoisotopic (exact) mass is 334 g/mol. The first kappa shape index (κ1) is 15.6. The molecule has 0 amide bonds. The fourth-order valence-corrected chi connectivity index (χ4v) is 3.18. The average Bonchev–Trinajstić information content (AvgIpc) is 2.61. The average molecular weight is 334 g/mol. The molecule has 0 radical (unpaired) electrons. The SMILES string of the molecule is Cc1nc(Nc2cccc(F)c2)cc(N2CCc3ccccc3C2)n1. The van der Waals surface area contributed by atoms with Crippen molar-refractivity contribution in [1.29, 1.82) is 0 Å². The number of nitrogens with zero attached hydrogens (tertiary/aromatic N) is 3. The molecule has 3 aromatic rings. The van der Waals surface area contributed by atoms with Gasteiger partial charge in [0.15, 0.2) is 0 Å². The number of rotatable bonds is 3. The molecule has 2 heterocycles. The van der Waals surface area contributed by atoms with Crippen LogP contribution in [0.25, 0.3) is 0 Å². The van der Waals surface area contributed by atoms with Gasteiger partial charge >= 0.3 is 0 Å². The summed E-state index contributed by atoms with van der Waals surface area (Å²) in [5.41, 5.74) is 3.42. The summed E-state index contributed by atoms with van der Waals surface area (Å²) in [6.45, 7) is 3.64. The van der Waals surface area contributed by atoms with Crippen LogP contribution in [0.4, 0.5) is 21.7 Å². The highest BCUT2D eigenvalue weighted by Crippen LogP contribution is 2.25. The van der Waals surface area contributed by atoms with Crippen LogP contribution in [0.2, 0.25) is 0 Å². The highest BCUT2D eigenvalue weighted by Gasteiger charge is 2.18. The minimum atomic E-state index is -0.274. The lowest BCUT2D eigenvalue weighted by Crippen LogP contribution is -2.31. The summed E-state index contributed by atoms with van der Waals surface area (Å²) in [6, 6.07) is 16.8. The van der Waals surface area contributed by atoms with E-state index in [1.165, 1.54) is 23.3 Å². The van der Waals surface area contributed by atoms with Crippen molar-refractivity contribution in [3.63, 3.8) is 0 Å². The first-order chi connectivity index (χ1) is 12.2. The Morgan fingerprint density at radius 3 is 2.68 bits per heavy atom. The van der Waals surface area contributed by atoms with Crippen LogP contribution in [0.3, 0.4) is 0 Å². The largest absolute Gasteiger partial charge is 0.352 e. The van der Waals surface area contributed by atoms with Crippen molar-refractivity contribution in [3.8, 4) is 0 Å². The van der Waals surface area contributed by atoms with Gasteiger partial charge in [-0.3, -0.25) is 0 Å². The third-order valence-corrected chi connectivity index (χ3v) is 4.38. The zero-order chi connectivity index (χ0) is 17.2. The van der Waals surface area contributed by atoms with E-state index in [0.29, 0.717) is 17.3 Å². The van der Waals surface area contributed by atoms with E-state index in [0.717, 1.165) is 25.3 Å². The molecule has 1 aromatic heterocycles. The predicted octanol–water partition coefficient (Wildman–Crippen LogP) is 4.23. The molecule has 1 aliphatic rings. The maximum absolute atomic E-state index is 13.4. The molecule has 5 heteroatoms. The number of anilines is 3. The van der Waals surface area contributed by atoms with Gasteiger partial charge in [0.2, 0.25) is 0 Å². The Labute approximate surface area is 146 Å². The predicted molar refractivity (Wildman–Crippen MR) is 97.6 cm³/mol. The van der Waals surface area contributed by atoms with Crippen molar-refractivity contribution in [3.05, 3.63) is 77.4 Å². The lowest BCUT2D eigenvalue weighted by atomic mass is 10.00. The van der Waals surface area contributed by atoms with E-state index in [4.69, 9.17) is 0 Å². The standard InChI is InChI=1S/C20H19FN4/c1-14-22-19(24-18-8-4-7-17(21)11-18)12-20(23-14)25-10-9-15-5-2-3-6-16(15)13-25/h2-8,11-12H,9-10,13H2,1H3,(H,22,23,24). The van der Waals surface area contributed by atoms with E-state index in [9.17, 15) is 4.39 Å². The smallest absolute Gasteiger partial charge is 0.136 e. The molecule has 25 heavy (non-hydrogen) atoms. The van der Waals surface area contributed by atoms with Gasteiger partial charge in [-0.05, 0) is 42.7 Å². The fourth-order valence-electron chi connectivity index (χ4n) is 3.18. The zero-order valence-electron chi connectivity index (χ0n) is 14.0. The number of halogens is 1. The van der Waals surface area contributed by atoms with Crippen LogP contribution in [-0.2, 0) is 13.0 Å². The molecule has 0 fully saturated rings. The van der Waals surface area contributed by atoms with Gasteiger partial charge in [0, 0.05) is 24.8 Å². The summed E-state index contributed by atoms with van der Waals surface area (Å²) in [5.74, 6) is 1.98. The minimum absolute atomic E-state index is 0.274. The number of benzene rings is 2. The van der Waals surface area contributed by atoms with E-state index in [-0.39, 0.29) is 5.82 Å². The Morgan fingerprint density at radius 1 is 1.00 bits per heavy atom. The van der Waals surface area contributed by atoms with E-state index < -0.39 is 0 Å². The summed E-state index contributed by atoms with van der Waals surface area (Å²) in [4.78, 5) is 11.3. The van der Waals surface area contributed by atoms with Gasteiger partial charge in [-0.15, -0.1) is 0 Å². The molecular formula is C20H19FN4. The third kappa shape index (κ3) is 3.45. The van der Waals surface area contributed by atoms with Crippen molar-refractivity contribution in [1.82, 2.24) is 9.97 Å². The maximum Gasteiger partial charge on any atom is 0.136 e. The third-order valence-electron chi connectivity index (χ3n) is 4.38. The topological polar surface area (TPSA) is 41.1 Å². The highest BCUT2D eigenvalue weighted by atomic mass is 19.1. The first-order valence-corrected chi connectivity index (χ1v) is 8.37. The summed E-state index contributed by atoms with van der Waals surface area (Å²) >= 11 is 0. The van der Waals surface area contributed by atoms with Gasteiger partial charge in [-0.2, -0.15) is 0 Å². The molecule has 4 nitrogen and oxygen atoms in total. The van der Waals surface area contributed by atoms with Crippen molar-refractivity contribution >= 4 is 17.3 Å². The van der Waals surface area contributed by atoms with Crippen LogP contribution in [0.5, 0.6) is 0 Å². The Hall–Kier alpha value is -2.95. The Balaban J connectivity index is 1.60. The van der Waals surface area contributed by atoms with Gasteiger partial charge in [0.1, 0.15) is 23.3 Å². The van der Waals surface area contributed by atoms with Crippen LogP contribution in [0.1, 0.15) is 17.0 Å². The Morgan fingerprint density at radius 2 is 1.84 bits per heavy atom. The normalized spacial score (nSPS) is 13.4. The molecular weight excluding hydrogens is 315 g/mol. The van der Waals surface area contributed by atoms with Gasteiger partial charge < -0.3 is 10.2 Å². The zero-order valence-corrected chi connectivity index (χ0v) is 14.0. The molecule has 126 valence electrons. The van der Waals surface area contributed by atoms with Crippen LogP contribution in [0.15, 0.2) is 54.6 Å². The molecule has 1 aliphatic heterocycles. The van der Waals surface area contributed by atoms with Gasteiger partial charge in [0.05, 0.1) is 0 Å². The number of aromatic nitrogens is 2. The number of fused-ring (bicyclic) bond motifs is 1. The van der Waals surface area contributed by atoms with Crippen LogP contribution < -0.4 is 10.2 Å². The number of hydrogen-bond acceptors (Lipinski definition) is 4. The molecule has 0 saturated heterocycles. The van der Waals surface area contributed by atoms with Crippen molar-refractivity contribution in [2.24, 2.45) is 0 Å². The van der Waals surface area contributed by atoms with E-state index in [1.807, 2.05) is 19.1 Å². The summed E-state index contributed by atoms with van der Waals surface area (Å²) in [7, 11) is 0. The van der Waals surface area contributed by atoms with E-state index >= 15 is 0 Å². The summed E-state index contributed by atoms with van der Waals surface area (Å²) in [6.07, 6.45) is 1.01. The molecule has 0 unspecified atom stereocenters. The maximum atomic E-state index is 13.4. The lowest BCUT2D eigenvalue weighted by molar-refractivity contribution is 0.628. The van der Waals surface area contributed by atoms with Crippen LogP contribution >= 0.6 is 0 Å². The minimum Gasteiger partial charge on any atom is -0.352 e. The molecule has 0 spiro atoms. The second-order valence-electron chi connectivity index (χ2n) is 6.23. The fraction of sp³-hybridized carbons (Fsp3) is 0.200. The first-order valence-electron chi connectivity index (χ1n) is 8.37. The second kappa shape index (κ2) is 6.51. The van der Waals surface area contributed by atoms with Crippen LogP contribution in [-0.4, -0.2) is 16.5 Å². The lowest BCUT2D eigenvalue weighted by Gasteiger charge is -2.30. The Bertz CT molecular complexity index is 910. The van der Waals surface area contributed by atoms with Crippen molar-refractivity contribution in [2.45, 2.75) is 19.9 Å². The number of hydrogen-bond donors (Lipinski definition) is 1. The van der Waals surface area contributed by atoms with Crippen molar-refractivity contribution < 1.29 is 4.39 Å². The molecule has 1 N–H and O–H groups in total. The second-order valence-corrected chi connectivity index (χ2v) is 6.23. The molecule has 0 saturated carbocycles. The summed E-state index contributed by atoms with van der Waals surface area (Å²) in [5, 5.41) is 3.17. The number of nitrogens with one attached hydrogen (secondary N) is 1. The highest BCUT2D eigenvalue weighted by molar-refractivity contribution is 5.60. The van der Waals surface area contributed by atoms with Gasteiger partial charge in [-0.1, -0.05) is 30.3 Å². The Kier molecular flexibility index (Phi) is 4.06. The van der Waals surface area contributed by atoms with Gasteiger partial charge in [0.25, 0.3) is 0 Å². The summed E-state index contributed by atoms with van der Waals surface area (Å²) < 4.78 is 13.4. The van der Waals surface area contributed by atoms with Gasteiger partial charge in [-0.25, -0.2) is 14.4 Å². The number of aryl methyl sites for hydroxylation is 1. The molecule has 0 atom stereocenters. The molecule has 4 rings (SSSR count). The molecule has 2 aromatic carbocycles. The molecule has 0 bridgehead atoms. The van der Waals surface area contributed by atoms with Crippen LogP contribution in [0, 0.1) is 12.7 Å². The van der Waals surface area contributed by atoms with Crippen molar-refractivity contribution in [2.75, 3.05) is 16.8 Å². The van der Waals surface area contributed by atoms with E-state index in [1.54, 1.807) is 6.07 Å².